The predicted octanol–water partition coefficient (Wildman–Crippen LogP) is 3.88. The van der Waals surface area contributed by atoms with E-state index >= 15 is 0 Å². The van der Waals surface area contributed by atoms with Gasteiger partial charge >= 0.3 is 0 Å². The first kappa shape index (κ1) is 18.7. The van der Waals surface area contributed by atoms with Crippen molar-refractivity contribution in [1.29, 1.82) is 0 Å². The second kappa shape index (κ2) is 7.20. The number of aryl methyl sites for hydroxylation is 1. The fourth-order valence-electron chi connectivity index (χ4n) is 4.85. The van der Waals surface area contributed by atoms with Crippen molar-refractivity contribution < 1.29 is 9.59 Å². The fraction of sp³-hybridized carbons (Fsp3) is 0.545. The van der Waals surface area contributed by atoms with Gasteiger partial charge in [-0.1, -0.05) is 29.9 Å². The molecule has 29 heavy (non-hydrogen) atoms. The van der Waals surface area contributed by atoms with Crippen molar-refractivity contribution in [3.63, 3.8) is 0 Å². The molecule has 3 fully saturated rings. The molecule has 2 aliphatic carbocycles. The molecule has 1 aromatic heterocycles. The third kappa shape index (κ3) is 3.56. The first-order chi connectivity index (χ1) is 14.0. The van der Waals surface area contributed by atoms with E-state index < -0.39 is 0 Å². The van der Waals surface area contributed by atoms with Crippen molar-refractivity contribution in [2.45, 2.75) is 45.4 Å². The molecule has 152 valence electrons. The van der Waals surface area contributed by atoms with Crippen molar-refractivity contribution in [3.05, 3.63) is 29.3 Å². The summed E-state index contributed by atoms with van der Waals surface area (Å²) < 4.78 is 0. The average molecular weight is 411 g/mol. The van der Waals surface area contributed by atoms with E-state index in [1.54, 1.807) is 0 Å². The van der Waals surface area contributed by atoms with Crippen LogP contribution in [-0.4, -0.2) is 40.0 Å². The van der Waals surface area contributed by atoms with Gasteiger partial charge in [0.15, 0.2) is 0 Å². The summed E-state index contributed by atoms with van der Waals surface area (Å²) >= 11 is 1.54. The molecule has 5 rings (SSSR count). The first-order valence-corrected chi connectivity index (χ1v) is 11.4. The second-order valence-corrected chi connectivity index (χ2v) is 9.95. The van der Waals surface area contributed by atoms with Crippen molar-refractivity contribution in [2.75, 3.05) is 18.4 Å². The molecule has 0 bridgehead atoms. The number of nitrogens with zero attached hydrogens (tertiary/aromatic N) is 3. The molecule has 3 aliphatic rings. The van der Waals surface area contributed by atoms with E-state index in [4.69, 9.17) is 0 Å². The highest BCUT2D eigenvalue weighted by molar-refractivity contribution is 7.14. The molecule has 0 radical (unpaired) electrons. The Hall–Kier alpha value is -2.28. The van der Waals surface area contributed by atoms with Gasteiger partial charge in [-0.25, -0.2) is 0 Å². The van der Waals surface area contributed by atoms with E-state index in [2.05, 4.69) is 15.5 Å². The lowest BCUT2D eigenvalue weighted by atomic mass is 9.79. The highest BCUT2D eigenvalue weighted by Crippen LogP contribution is 2.66. The topological polar surface area (TPSA) is 75.2 Å². The standard InChI is InChI=1S/C22H26N4O2S/c1-14-24-25-20(29-14)16-4-2-5-17(12-16)23-19(27)15-6-10-26(11-7-15)21(28)18-13-22(18)8-3-9-22/h2,4-5,12,15,18H,3,6-11,13H2,1H3,(H,23,27)/t18-/m1/s1. The third-order valence-electron chi connectivity index (χ3n) is 6.92. The van der Waals surface area contributed by atoms with Crippen LogP contribution in [0, 0.1) is 24.2 Å². The second-order valence-electron chi connectivity index (χ2n) is 8.77. The summed E-state index contributed by atoms with van der Waals surface area (Å²) in [6, 6.07) is 7.75. The number of hydrogen-bond acceptors (Lipinski definition) is 5. The van der Waals surface area contributed by atoms with Crippen LogP contribution in [0.2, 0.25) is 0 Å². The number of carbonyl (C=O) groups excluding carboxylic acids is 2. The molecular weight excluding hydrogens is 384 g/mol. The van der Waals surface area contributed by atoms with E-state index in [9.17, 15) is 9.59 Å². The maximum Gasteiger partial charge on any atom is 0.227 e. The molecule has 1 N–H and O–H groups in total. The Morgan fingerprint density at radius 1 is 1.21 bits per heavy atom. The average Bonchev–Trinajstić information content (AvgIpc) is 3.35. The molecule has 0 unspecified atom stereocenters. The Morgan fingerprint density at radius 2 is 2.00 bits per heavy atom. The molecule has 2 heterocycles. The van der Waals surface area contributed by atoms with Crippen LogP contribution >= 0.6 is 11.3 Å². The number of likely N-dealkylation sites (tertiary alicyclic amines) is 1. The normalized spacial score (nSPS) is 22.9. The third-order valence-corrected chi connectivity index (χ3v) is 7.81. The van der Waals surface area contributed by atoms with Gasteiger partial charge in [-0.3, -0.25) is 9.59 Å². The van der Waals surface area contributed by atoms with Crippen LogP contribution in [0.1, 0.15) is 43.5 Å². The van der Waals surface area contributed by atoms with Crippen LogP contribution in [0.3, 0.4) is 0 Å². The summed E-state index contributed by atoms with van der Waals surface area (Å²) in [6.07, 6.45) is 6.33. The number of benzene rings is 1. The Morgan fingerprint density at radius 3 is 2.62 bits per heavy atom. The van der Waals surface area contributed by atoms with Crippen molar-refractivity contribution in [1.82, 2.24) is 15.1 Å². The quantitative estimate of drug-likeness (QED) is 0.830. The highest BCUT2D eigenvalue weighted by Gasteiger charge is 2.61. The number of carbonyl (C=O) groups is 2. The van der Waals surface area contributed by atoms with Crippen LogP contribution in [0.5, 0.6) is 0 Å². The molecule has 6 nitrogen and oxygen atoms in total. The predicted molar refractivity (Wildman–Crippen MR) is 112 cm³/mol. The first-order valence-electron chi connectivity index (χ1n) is 10.5. The summed E-state index contributed by atoms with van der Waals surface area (Å²) in [7, 11) is 0. The zero-order valence-electron chi connectivity index (χ0n) is 16.7. The number of anilines is 1. The summed E-state index contributed by atoms with van der Waals surface area (Å²) in [6.45, 7) is 3.33. The molecule has 1 spiro atoms. The molecule has 1 saturated heterocycles. The fourth-order valence-corrected chi connectivity index (χ4v) is 5.54. The Bertz CT molecular complexity index is 944. The minimum Gasteiger partial charge on any atom is -0.342 e. The zero-order valence-corrected chi connectivity index (χ0v) is 17.5. The van der Waals surface area contributed by atoms with Crippen LogP contribution in [-0.2, 0) is 9.59 Å². The van der Waals surface area contributed by atoms with Gasteiger partial charge < -0.3 is 10.2 Å². The molecule has 2 aromatic rings. The molecule has 1 aliphatic heterocycles. The minimum absolute atomic E-state index is 0.0386. The highest BCUT2D eigenvalue weighted by atomic mass is 32.1. The summed E-state index contributed by atoms with van der Waals surface area (Å²) in [5, 5.41) is 13.1. The maximum atomic E-state index is 12.8. The van der Waals surface area contributed by atoms with Crippen LogP contribution < -0.4 is 5.32 Å². The van der Waals surface area contributed by atoms with Crippen molar-refractivity contribution >= 4 is 28.8 Å². The molecule has 1 atom stereocenters. The Labute approximate surface area is 174 Å². The Kier molecular flexibility index (Phi) is 4.65. The summed E-state index contributed by atoms with van der Waals surface area (Å²) in [5.41, 5.74) is 2.12. The molecule has 2 amide bonds. The van der Waals surface area contributed by atoms with Crippen molar-refractivity contribution in [3.8, 4) is 10.6 Å². The molecule has 7 heteroatoms. The van der Waals surface area contributed by atoms with Crippen LogP contribution in [0.4, 0.5) is 5.69 Å². The summed E-state index contributed by atoms with van der Waals surface area (Å²) in [4.78, 5) is 27.5. The number of hydrogen-bond donors (Lipinski definition) is 1. The van der Waals surface area contributed by atoms with Gasteiger partial charge in [0.1, 0.15) is 10.0 Å². The van der Waals surface area contributed by atoms with Crippen molar-refractivity contribution in [2.24, 2.45) is 17.3 Å². The van der Waals surface area contributed by atoms with E-state index in [1.807, 2.05) is 36.1 Å². The smallest absolute Gasteiger partial charge is 0.227 e. The number of nitrogens with one attached hydrogen (secondary N) is 1. The zero-order chi connectivity index (χ0) is 20.0. The van der Waals surface area contributed by atoms with Gasteiger partial charge in [0, 0.05) is 36.2 Å². The Balaban J connectivity index is 1.16. The van der Waals surface area contributed by atoms with E-state index in [-0.39, 0.29) is 17.7 Å². The summed E-state index contributed by atoms with van der Waals surface area (Å²) in [5.74, 6) is 0.616. The number of rotatable bonds is 4. The maximum absolute atomic E-state index is 12.8. The molecule has 2 saturated carbocycles. The van der Waals surface area contributed by atoms with Gasteiger partial charge in [-0.15, -0.1) is 10.2 Å². The lowest BCUT2D eigenvalue weighted by molar-refractivity contribution is -0.137. The lowest BCUT2D eigenvalue weighted by Crippen LogP contribution is -2.43. The van der Waals surface area contributed by atoms with Crippen LogP contribution in [0.15, 0.2) is 24.3 Å². The number of amides is 2. The van der Waals surface area contributed by atoms with E-state index in [0.717, 1.165) is 40.5 Å². The van der Waals surface area contributed by atoms with E-state index in [1.165, 1.54) is 30.6 Å². The minimum atomic E-state index is -0.0386. The number of aromatic nitrogens is 2. The largest absolute Gasteiger partial charge is 0.342 e. The lowest BCUT2D eigenvalue weighted by Gasteiger charge is -2.33. The van der Waals surface area contributed by atoms with Gasteiger partial charge in [0.25, 0.3) is 0 Å². The monoisotopic (exact) mass is 410 g/mol. The number of piperidine rings is 1. The molecular formula is C22H26N4O2S. The van der Waals surface area contributed by atoms with Gasteiger partial charge in [-0.2, -0.15) is 0 Å². The van der Waals surface area contributed by atoms with Gasteiger partial charge in [-0.05, 0) is 56.6 Å². The molecule has 1 aromatic carbocycles. The van der Waals surface area contributed by atoms with Gasteiger partial charge in [0.2, 0.25) is 11.8 Å². The van der Waals surface area contributed by atoms with Crippen LogP contribution in [0.25, 0.3) is 10.6 Å². The van der Waals surface area contributed by atoms with Gasteiger partial charge in [0.05, 0.1) is 0 Å². The van der Waals surface area contributed by atoms with E-state index in [0.29, 0.717) is 24.4 Å². The SMILES string of the molecule is Cc1nnc(-c2cccc(NC(=O)C3CCN(C(=O)[C@H]4CC45CCC5)CC3)c2)s1.